The van der Waals surface area contributed by atoms with Crippen molar-refractivity contribution in [1.29, 1.82) is 0 Å². The number of likely N-dealkylation sites (tertiary alicyclic amines) is 1. The highest BCUT2D eigenvalue weighted by atomic mass is 19.4. The summed E-state index contributed by atoms with van der Waals surface area (Å²) in [5.74, 6) is 1.04. The van der Waals surface area contributed by atoms with E-state index in [1.165, 1.54) is 33.3 Å². The molecule has 1 aromatic carbocycles. The standard InChI is InChI=1S/C21H20F3N3O5/c1-5-16-12(2)32-18(25-16)20(29)27(13-8-14(30-3)10-15(9-13)31-4)17-6-7-26(19(17)28)11-21(22,23)24/h1,8-10,17H,6-7,11H2,2-4H3. The van der Waals surface area contributed by atoms with E-state index >= 15 is 0 Å². The quantitative estimate of drug-likeness (QED) is 0.628. The Labute approximate surface area is 181 Å². The molecule has 1 unspecified atom stereocenters. The molecule has 2 amide bonds. The lowest BCUT2D eigenvalue weighted by molar-refractivity contribution is -0.157. The van der Waals surface area contributed by atoms with Crippen molar-refractivity contribution >= 4 is 17.5 Å². The zero-order valence-electron chi connectivity index (χ0n) is 17.5. The number of oxazole rings is 1. The molecule has 0 radical (unpaired) electrons. The minimum Gasteiger partial charge on any atom is -0.497 e. The summed E-state index contributed by atoms with van der Waals surface area (Å²) in [6, 6.07) is 3.24. The van der Waals surface area contributed by atoms with Crippen LogP contribution in [0.3, 0.4) is 0 Å². The number of aryl methyl sites for hydroxylation is 1. The summed E-state index contributed by atoms with van der Waals surface area (Å²) < 4.78 is 54.5. The van der Waals surface area contributed by atoms with Crippen LogP contribution in [0, 0.1) is 19.3 Å². The predicted molar refractivity (Wildman–Crippen MR) is 107 cm³/mol. The Balaban J connectivity index is 2.07. The van der Waals surface area contributed by atoms with Gasteiger partial charge >= 0.3 is 12.1 Å². The van der Waals surface area contributed by atoms with E-state index in [9.17, 15) is 22.8 Å². The summed E-state index contributed by atoms with van der Waals surface area (Å²) in [5, 5.41) is 0. The molecule has 1 atom stereocenters. The molecule has 170 valence electrons. The Bertz CT molecular complexity index is 1050. The summed E-state index contributed by atoms with van der Waals surface area (Å²) in [5.41, 5.74) is 0.268. The third kappa shape index (κ3) is 4.64. The second-order valence-electron chi connectivity index (χ2n) is 6.99. The molecule has 1 aliphatic heterocycles. The number of amides is 2. The molecule has 11 heteroatoms. The fraction of sp³-hybridized carbons (Fsp3) is 0.381. The third-order valence-electron chi connectivity index (χ3n) is 4.90. The lowest BCUT2D eigenvalue weighted by Gasteiger charge is -2.28. The van der Waals surface area contributed by atoms with Gasteiger partial charge in [-0.25, -0.2) is 0 Å². The van der Waals surface area contributed by atoms with Crippen molar-refractivity contribution in [2.24, 2.45) is 0 Å². The topological polar surface area (TPSA) is 85.1 Å². The molecule has 0 bridgehead atoms. The van der Waals surface area contributed by atoms with Gasteiger partial charge in [0.1, 0.15) is 29.8 Å². The van der Waals surface area contributed by atoms with Gasteiger partial charge in [-0.2, -0.15) is 18.2 Å². The fourth-order valence-corrected chi connectivity index (χ4v) is 3.43. The number of carbonyl (C=O) groups excluding carboxylic acids is 2. The van der Waals surface area contributed by atoms with E-state index in [1.54, 1.807) is 6.07 Å². The van der Waals surface area contributed by atoms with Gasteiger partial charge in [-0.1, -0.05) is 0 Å². The Morgan fingerprint density at radius 3 is 2.44 bits per heavy atom. The Morgan fingerprint density at radius 1 is 1.31 bits per heavy atom. The maximum Gasteiger partial charge on any atom is 0.406 e. The van der Waals surface area contributed by atoms with Gasteiger partial charge in [0.25, 0.3) is 5.89 Å². The van der Waals surface area contributed by atoms with E-state index in [1.807, 2.05) is 0 Å². The largest absolute Gasteiger partial charge is 0.497 e. The van der Waals surface area contributed by atoms with Crippen LogP contribution in [-0.4, -0.2) is 61.2 Å². The number of rotatable bonds is 6. The summed E-state index contributed by atoms with van der Waals surface area (Å²) in [6.07, 6.45) is 0.755. The number of alkyl halides is 3. The van der Waals surface area contributed by atoms with Gasteiger partial charge in [-0.15, -0.1) is 6.42 Å². The van der Waals surface area contributed by atoms with Crippen LogP contribution in [0.1, 0.15) is 28.6 Å². The van der Waals surface area contributed by atoms with Crippen LogP contribution in [0.15, 0.2) is 22.6 Å². The zero-order chi connectivity index (χ0) is 23.6. The highest BCUT2D eigenvalue weighted by Gasteiger charge is 2.44. The average Bonchev–Trinajstić information content (AvgIpc) is 3.29. The first-order chi connectivity index (χ1) is 15.1. The summed E-state index contributed by atoms with van der Waals surface area (Å²) in [7, 11) is 2.79. The van der Waals surface area contributed by atoms with Crippen LogP contribution in [0.2, 0.25) is 0 Å². The predicted octanol–water partition coefficient (Wildman–Crippen LogP) is 2.79. The lowest BCUT2D eigenvalue weighted by atomic mass is 10.1. The molecule has 1 fully saturated rings. The number of aromatic nitrogens is 1. The van der Waals surface area contributed by atoms with E-state index in [0.717, 1.165) is 4.90 Å². The van der Waals surface area contributed by atoms with Gasteiger partial charge in [-0.3, -0.25) is 14.5 Å². The molecule has 8 nitrogen and oxygen atoms in total. The van der Waals surface area contributed by atoms with E-state index in [4.69, 9.17) is 20.3 Å². The van der Waals surface area contributed by atoms with Crippen molar-refractivity contribution in [2.75, 3.05) is 32.2 Å². The van der Waals surface area contributed by atoms with Crippen molar-refractivity contribution in [2.45, 2.75) is 25.6 Å². The van der Waals surface area contributed by atoms with Crippen LogP contribution in [0.25, 0.3) is 0 Å². The molecule has 0 spiro atoms. The normalized spacial score (nSPS) is 16.1. The Hall–Kier alpha value is -3.68. The molecule has 32 heavy (non-hydrogen) atoms. The fourth-order valence-electron chi connectivity index (χ4n) is 3.43. The number of terminal acetylenes is 1. The van der Waals surface area contributed by atoms with Crippen LogP contribution in [0.4, 0.5) is 18.9 Å². The smallest absolute Gasteiger partial charge is 0.406 e. The average molecular weight is 451 g/mol. The second kappa shape index (κ2) is 8.82. The SMILES string of the molecule is C#Cc1nc(C(=O)N(c2cc(OC)cc(OC)c2)C2CCN(CC(F)(F)F)C2=O)oc1C. The van der Waals surface area contributed by atoms with Gasteiger partial charge in [-0.05, 0) is 19.3 Å². The number of anilines is 1. The van der Waals surface area contributed by atoms with Gasteiger partial charge in [0.15, 0.2) is 5.69 Å². The van der Waals surface area contributed by atoms with E-state index in [0.29, 0.717) is 16.4 Å². The molecule has 0 saturated carbocycles. The van der Waals surface area contributed by atoms with E-state index < -0.39 is 30.6 Å². The highest BCUT2D eigenvalue weighted by Crippen LogP contribution is 2.34. The molecule has 0 N–H and O–H groups in total. The summed E-state index contributed by atoms with van der Waals surface area (Å²) in [4.78, 5) is 31.9. The first-order valence-electron chi connectivity index (χ1n) is 9.44. The number of hydrogen-bond donors (Lipinski definition) is 0. The van der Waals surface area contributed by atoms with Crippen molar-refractivity contribution in [3.63, 3.8) is 0 Å². The summed E-state index contributed by atoms with van der Waals surface area (Å²) >= 11 is 0. The maximum atomic E-state index is 13.4. The third-order valence-corrected chi connectivity index (χ3v) is 4.90. The van der Waals surface area contributed by atoms with Gasteiger partial charge in [0.05, 0.1) is 19.9 Å². The minimum absolute atomic E-state index is 0.0259. The van der Waals surface area contributed by atoms with Crippen molar-refractivity contribution in [3.8, 4) is 23.8 Å². The molecule has 0 aliphatic carbocycles. The molecule has 1 aliphatic rings. The Morgan fingerprint density at radius 2 is 1.94 bits per heavy atom. The van der Waals surface area contributed by atoms with Crippen LogP contribution in [-0.2, 0) is 4.79 Å². The van der Waals surface area contributed by atoms with Crippen molar-refractivity contribution < 1.29 is 36.7 Å². The molecule has 3 rings (SSSR count). The van der Waals surface area contributed by atoms with Crippen molar-refractivity contribution in [1.82, 2.24) is 9.88 Å². The molecule has 2 heterocycles. The molecule has 1 aromatic heterocycles. The number of carbonyl (C=O) groups is 2. The van der Waals surface area contributed by atoms with Crippen LogP contribution < -0.4 is 14.4 Å². The maximum absolute atomic E-state index is 13.4. The monoisotopic (exact) mass is 451 g/mol. The van der Waals surface area contributed by atoms with Crippen LogP contribution >= 0.6 is 0 Å². The second-order valence-corrected chi connectivity index (χ2v) is 6.99. The first-order valence-corrected chi connectivity index (χ1v) is 9.44. The molecular weight excluding hydrogens is 431 g/mol. The number of nitrogens with zero attached hydrogens (tertiary/aromatic N) is 3. The first kappa shape index (κ1) is 23.0. The van der Waals surface area contributed by atoms with Crippen LogP contribution in [0.5, 0.6) is 11.5 Å². The van der Waals surface area contributed by atoms with E-state index in [2.05, 4.69) is 10.9 Å². The lowest BCUT2D eigenvalue weighted by Crippen LogP contribution is -2.47. The minimum atomic E-state index is -4.57. The number of halogens is 3. The van der Waals surface area contributed by atoms with E-state index in [-0.39, 0.29) is 36.0 Å². The molecule has 2 aromatic rings. The zero-order valence-corrected chi connectivity index (χ0v) is 17.5. The number of ether oxygens (including phenoxy) is 2. The summed E-state index contributed by atoms with van der Waals surface area (Å²) in [6.45, 7) is -0.0665. The highest BCUT2D eigenvalue weighted by molar-refractivity contribution is 6.08. The van der Waals surface area contributed by atoms with Gasteiger partial charge < -0.3 is 18.8 Å². The number of benzene rings is 1. The molecular formula is C21H20F3N3O5. The number of methoxy groups -OCH3 is 2. The van der Waals surface area contributed by atoms with Crippen molar-refractivity contribution in [3.05, 3.63) is 35.5 Å². The molecule has 1 saturated heterocycles. The van der Waals surface area contributed by atoms with Gasteiger partial charge in [0, 0.05) is 24.7 Å². The number of hydrogen-bond acceptors (Lipinski definition) is 6. The van der Waals surface area contributed by atoms with Gasteiger partial charge in [0.2, 0.25) is 5.91 Å². The Kier molecular flexibility index (Phi) is 6.34.